The Bertz CT molecular complexity index is 880. The van der Waals surface area contributed by atoms with E-state index in [0.717, 1.165) is 22.4 Å². The molecule has 0 spiro atoms. The van der Waals surface area contributed by atoms with E-state index in [9.17, 15) is 14.7 Å². The molecule has 2 aromatic carbocycles. The zero-order valence-electron chi connectivity index (χ0n) is 15.0. The van der Waals surface area contributed by atoms with Crippen LogP contribution in [0.3, 0.4) is 0 Å². The molecule has 1 aromatic heterocycles. The van der Waals surface area contributed by atoms with E-state index in [-0.39, 0.29) is 23.8 Å². The predicted octanol–water partition coefficient (Wildman–Crippen LogP) is 5.17. The Balaban J connectivity index is 1.84. The monoisotopic (exact) mass is 379 g/mol. The van der Waals surface area contributed by atoms with Crippen LogP contribution in [0.15, 0.2) is 66.7 Å². The van der Waals surface area contributed by atoms with Gasteiger partial charge in [0.1, 0.15) is 5.00 Å². The normalized spacial score (nSPS) is 10.7. The third kappa shape index (κ3) is 4.63. The first-order valence-electron chi connectivity index (χ1n) is 8.84. The van der Waals surface area contributed by atoms with Gasteiger partial charge in [-0.25, -0.2) is 4.79 Å². The Morgan fingerprint density at radius 3 is 2.04 bits per heavy atom. The summed E-state index contributed by atoms with van der Waals surface area (Å²) in [6.07, 6.45) is 0.976. The molecule has 0 fully saturated rings. The molecule has 1 heterocycles. The van der Waals surface area contributed by atoms with Gasteiger partial charge < -0.3 is 10.4 Å². The van der Waals surface area contributed by atoms with E-state index in [1.807, 2.05) is 67.6 Å². The average molecular weight is 379 g/mol. The lowest BCUT2D eigenvalue weighted by Gasteiger charge is -2.17. The van der Waals surface area contributed by atoms with Crippen molar-refractivity contribution in [2.45, 2.75) is 25.7 Å². The van der Waals surface area contributed by atoms with Crippen molar-refractivity contribution in [3.8, 4) is 0 Å². The maximum absolute atomic E-state index is 12.7. The molecule has 0 bridgehead atoms. The van der Waals surface area contributed by atoms with Gasteiger partial charge in [0.05, 0.1) is 5.56 Å². The molecule has 2 N–H and O–H groups in total. The first-order chi connectivity index (χ1) is 13.1. The van der Waals surface area contributed by atoms with E-state index < -0.39 is 5.97 Å². The number of carboxylic acids is 1. The van der Waals surface area contributed by atoms with E-state index in [2.05, 4.69) is 5.32 Å². The highest BCUT2D eigenvalue weighted by Crippen LogP contribution is 2.31. The second-order valence-electron chi connectivity index (χ2n) is 6.24. The molecule has 0 aliphatic heterocycles. The standard InChI is InChI=1S/C22H21NO3S/c1-2-17-13-19(22(25)26)21(27-17)23-20(24)14-18(15-9-5-3-6-10-15)16-11-7-4-8-12-16/h3-13,18H,2,14H2,1H3,(H,23,24)(H,25,26). The van der Waals surface area contributed by atoms with E-state index in [0.29, 0.717) is 5.00 Å². The Morgan fingerprint density at radius 2 is 1.56 bits per heavy atom. The number of carbonyl (C=O) groups excluding carboxylic acids is 1. The van der Waals surface area contributed by atoms with Gasteiger partial charge in [-0.2, -0.15) is 0 Å². The van der Waals surface area contributed by atoms with Crippen LogP contribution in [0.4, 0.5) is 5.00 Å². The lowest BCUT2D eigenvalue weighted by atomic mass is 9.88. The summed E-state index contributed by atoms with van der Waals surface area (Å²) in [6, 6.07) is 21.4. The molecule has 0 unspecified atom stereocenters. The number of rotatable bonds is 7. The number of nitrogens with one attached hydrogen (secondary N) is 1. The molecule has 5 heteroatoms. The van der Waals surface area contributed by atoms with Crippen LogP contribution >= 0.6 is 11.3 Å². The van der Waals surface area contributed by atoms with Gasteiger partial charge in [-0.1, -0.05) is 67.6 Å². The number of anilines is 1. The lowest BCUT2D eigenvalue weighted by molar-refractivity contribution is -0.116. The topological polar surface area (TPSA) is 66.4 Å². The molecule has 0 aliphatic carbocycles. The van der Waals surface area contributed by atoms with Crippen LogP contribution < -0.4 is 5.32 Å². The van der Waals surface area contributed by atoms with E-state index in [4.69, 9.17) is 0 Å². The van der Waals surface area contributed by atoms with Crippen molar-refractivity contribution in [1.82, 2.24) is 0 Å². The van der Waals surface area contributed by atoms with Crippen molar-refractivity contribution in [2.75, 3.05) is 5.32 Å². The summed E-state index contributed by atoms with van der Waals surface area (Å²) in [5.41, 5.74) is 2.26. The SMILES string of the molecule is CCc1cc(C(=O)O)c(NC(=O)CC(c2ccccc2)c2ccccc2)s1. The van der Waals surface area contributed by atoms with Gasteiger partial charge in [-0.05, 0) is 23.6 Å². The van der Waals surface area contributed by atoms with Gasteiger partial charge in [0, 0.05) is 17.2 Å². The molecule has 4 nitrogen and oxygen atoms in total. The van der Waals surface area contributed by atoms with Crippen molar-refractivity contribution in [2.24, 2.45) is 0 Å². The van der Waals surface area contributed by atoms with Crippen LogP contribution in [-0.2, 0) is 11.2 Å². The molecule has 0 aliphatic rings. The highest BCUT2D eigenvalue weighted by atomic mass is 32.1. The second kappa shape index (κ2) is 8.64. The first kappa shape index (κ1) is 18.9. The summed E-state index contributed by atoms with van der Waals surface area (Å²) in [6.45, 7) is 1.96. The second-order valence-corrected chi connectivity index (χ2v) is 7.38. The number of amides is 1. The molecule has 1 amide bonds. The first-order valence-corrected chi connectivity index (χ1v) is 9.66. The number of benzene rings is 2. The van der Waals surface area contributed by atoms with E-state index in [1.54, 1.807) is 6.07 Å². The largest absolute Gasteiger partial charge is 0.478 e. The highest BCUT2D eigenvalue weighted by Gasteiger charge is 2.21. The molecule has 138 valence electrons. The lowest BCUT2D eigenvalue weighted by Crippen LogP contribution is -2.17. The van der Waals surface area contributed by atoms with Crippen molar-refractivity contribution >= 4 is 28.2 Å². The van der Waals surface area contributed by atoms with Crippen molar-refractivity contribution in [3.63, 3.8) is 0 Å². The maximum atomic E-state index is 12.7. The van der Waals surface area contributed by atoms with Crippen molar-refractivity contribution < 1.29 is 14.7 Å². The number of thiophene rings is 1. The van der Waals surface area contributed by atoms with E-state index >= 15 is 0 Å². The molecular formula is C22H21NO3S. The summed E-state index contributed by atoms with van der Waals surface area (Å²) in [5.74, 6) is -1.31. The zero-order chi connectivity index (χ0) is 19.2. The third-order valence-corrected chi connectivity index (χ3v) is 5.60. The summed E-state index contributed by atoms with van der Waals surface area (Å²) in [7, 11) is 0. The fourth-order valence-electron chi connectivity index (χ4n) is 3.03. The van der Waals surface area contributed by atoms with Crippen LogP contribution in [-0.4, -0.2) is 17.0 Å². The Labute approximate surface area is 162 Å². The number of hydrogen-bond donors (Lipinski definition) is 2. The van der Waals surface area contributed by atoms with Gasteiger partial charge in [0.25, 0.3) is 0 Å². The fraction of sp³-hybridized carbons (Fsp3) is 0.182. The minimum absolute atomic E-state index is 0.0914. The van der Waals surface area contributed by atoms with E-state index in [1.165, 1.54) is 11.3 Å². The van der Waals surface area contributed by atoms with Crippen LogP contribution in [0.25, 0.3) is 0 Å². The van der Waals surface area contributed by atoms with Crippen LogP contribution in [0.1, 0.15) is 45.6 Å². The Hall–Kier alpha value is -2.92. The average Bonchev–Trinajstić information content (AvgIpc) is 3.10. The quantitative estimate of drug-likeness (QED) is 0.595. The molecule has 3 aromatic rings. The minimum atomic E-state index is -1.02. The maximum Gasteiger partial charge on any atom is 0.338 e. The minimum Gasteiger partial charge on any atom is -0.478 e. The predicted molar refractivity (Wildman–Crippen MR) is 109 cm³/mol. The van der Waals surface area contributed by atoms with Crippen LogP contribution in [0.2, 0.25) is 0 Å². The summed E-state index contributed by atoms with van der Waals surface area (Å²) in [5, 5.41) is 12.6. The summed E-state index contributed by atoms with van der Waals surface area (Å²) >= 11 is 1.32. The van der Waals surface area contributed by atoms with Crippen molar-refractivity contribution in [3.05, 3.63) is 88.3 Å². The summed E-state index contributed by atoms with van der Waals surface area (Å²) in [4.78, 5) is 25.1. The molecule has 0 atom stereocenters. The van der Waals surface area contributed by atoms with Crippen molar-refractivity contribution in [1.29, 1.82) is 0 Å². The number of carboxylic acid groups (broad SMARTS) is 1. The van der Waals surface area contributed by atoms with Gasteiger partial charge >= 0.3 is 5.97 Å². The van der Waals surface area contributed by atoms with Gasteiger partial charge in [-0.15, -0.1) is 11.3 Å². The Kier molecular flexibility index (Phi) is 6.04. The van der Waals surface area contributed by atoms with Gasteiger partial charge in [-0.3, -0.25) is 4.79 Å². The van der Waals surface area contributed by atoms with Gasteiger partial charge in [0.2, 0.25) is 5.91 Å². The van der Waals surface area contributed by atoms with Gasteiger partial charge in [0.15, 0.2) is 0 Å². The highest BCUT2D eigenvalue weighted by molar-refractivity contribution is 7.16. The summed E-state index contributed by atoms with van der Waals surface area (Å²) < 4.78 is 0. The number of aromatic carboxylic acids is 1. The number of aryl methyl sites for hydroxylation is 1. The molecule has 0 radical (unpaired) electrons. The molecule has 27 heavy (non-hydrogen) atoms. The number of hydrogen-bond acceptors (Lipinski definition) is 3. The molecule has 3 rings (SSSR count). The molecule has 0 saturated carbocycles. The smallest absolute Gasteiger partial charge is 0.338 e. The Morgan fingerprint density at radius 1 is 1.00 bits per heavy atom. The van der Waals surface area contributed by atoms with Crippen LogP contribution in [0.5, 0.6) is 0 Å². The fourth-order valence-corrected chi connectivity index (χ4v) is 4.03. The molecular weight excluding hydrogens is 358 g/mol. The number of carbonyl (C=O) groups is 2. The molecule has 0 saturated heterocycles. The zero-order valence-corrected chi connectivity index (χ0v) is 15.8. The van der Waals surface area contributed by atoms with Crippen LogP contribution in [0, 0.1) is 0 Å². The third-order valence-electron chi connectivity index (χ3n) is 4.41.